The fourth-order valence-corrected chi connectivity index (χ4v) is 5.39. The predicted molar refractivity (Wildman–Crippen MR) is 117 cm³/mol. The summed E-state index contributed by atoms with van der Waals surface area (Å²) in [5.41, 5.74) is 2.46. The van der Waals surface area contributed by atoms with Gasteiger partial charge in [-0.1, -0.05) is 29.8 Å². The number of nitrogens with one attached hydrogen (secondary N) is 2. The number of hydrogen-bond acceptors (Lipinski definition) is 5. The minimum atomic E-state index is -3.76. The minimum absolute atomic E-state index is 0.191. The second-order valence-electron chi connectivity index (χ2n) is 7.44. The molecule has 1 atom stereocenters. The number of amides is 1. The van der Waals surface area contributed by atoms with Gasteiger partial charge in [-0.25, -0.2) is 8.42 Å². The predicted octanol–water partition coefficient (Wildman–Crippen LogP) is 3.19. The maximum atomic E-state index is 13.1. The van der Waals surface area contributed by atoms with Crippen molar-refractivity contribution in [2.75, 3.05) is 19.0 Å². The van der Waals surface area contributed by atoms with Gasteiger partial charge in [0.2, 0.25) is 15.9 Å². The van der Waals surface area contributed by atoms with Gasteiger partial charge in [-0.2, -0.15) is 9.40 Å². The van der Waals surface area contributed by atoms with Crippen molar-refractivity contribution >= 4 is 21.7 Å². The minimum Gasteiger partial charge on any atom is -0.496 e. The summed E-state index contributed by atoms with van der Waals surface area (Å²) >= 11 is 0. The topological polar surface area (TPSA) is 104 Å². The normalized spacial score (nSPS) is 16.9. The lowest BCUT2D eigenvalue weighted by Crippen LogP contribution is -2.43. The zero-order valence-corrected chi connectivity index (χ0v) is 18.1. The number of H-pyrrole nitrogens is 1. The van der Waals surface area contributed by atoms with E-state index in [0.29, 0.717) is 36.6 Å². The van der Waals surface area contributed by atoms with Crippen LogP contribution in [0.4, 0.5) is 5.82 Å². The van der Waals surface area contributed by atoms with Gasteiger partial charge in [-0.15, -0.1) is 0 Å². The highest BCUT2D eigenvalue weighted by atomic mass is 32.2. The maximum absolute atomic E-state index is 13.1. The third-order valence-corrected chi connectivity index (χ3v) is 7.28. The number of carbonyl (C=O) groups is 1. The second kappa shape index (κ2) is 8.52. The fraction of sp³-hybridized carbons (Fsp3) is 0.273. The lowest BCUT2D eigenvalue weighted by molar-refractivity contribution is -0.119. The van der Waals surface area contributed by atoms with Crippen molar-refractivity contribution in [3.05, 3.63) is 60.2 Å². The molecule has 1 amide bonds. The Morgan fingerprint density at radius 3 is 2.68 bits per heavy atom. The van der Waals surface area contributed by atoms with Crippen molar-refractivity contribution in [1.82, 2.24) is 14.5 Å². The van der Waals surface area contributed by atoms with Crippen LogP contribution in [0.2, 0.25) is 0 Å². The highest BCUT2D eigenvalue weighted by Crippen LogP contribution is 2.30. The van der Waals surface area contributed by atoms with Crippen molar-refractivity contribution in [3.63, 3.8) is 0 Å². The molecule has 1 aliphatic rings. The summed E-state index contributed by atoms with van der Waals surface area (Å²) in [6.07, 6.45) is 1.08. The first kappa shape index (κ1) is 21.1. The van der Waals surface area contributed by atoms with E-state index >= 15 is 0 Å². The largest absolute Gasteiger partial charge is 0.496 e. The molecule has 1 fully saturated rings. The van der Waals surface area contributed by atoms with Crippen LogP contribution in [-0.4, -0.2) is 48.5 Å². The summed E-state index contributed by atoms with van der Waals surface area (Å²) in [6.45, 7) is 2.20. The molecule has 3 aromatic rings. The third kappa shape index (κ3) is 4.19. The van der Waals surface area contributed by atoms with Gasteiger partial charge >= 0.3 is 0 Å². The number of sulfonamides is 1. The van der Waals surface area contributed by atoms with Crippen molar-refractivity contribution in [2.45, 2.75) is 30.7 Å². The lowest BCUT2D eigenvalue weighted by atomic mass is 10.1. The van der Waals surface area contributed by atoms with Crippen LogP contribution in [0.5, 0.6) is 5.75 Å². The van der Waals surface area contributed by atoms with Gasteiger partial charge in [0.15, 0.2) is 5.82 Å². The van der Waals surface area contributed by atoms with Crippen molar-refractivity contribution < 1.29 is 17.9 Å². The number of benzene rings is 2. The molecule has 0 spiro atoms. The molecule has 1 aromatic heterocycles. The number of para-hydroxylation sites is 1. The Bertz CT molecular complexity index is 1190. The van der Waals surface area contributed by atoms with Crippen LogP contribution < -0.4 is 10.1 Å². The summed E-state index contributed by atoms with van der Waals surface area (Å²) in [5.74, 6) is 0.604. The molecule has 0 radical (unpaired) electrons. The van der Waals surface area contributed by atoms with Crippen LogP contribution in [0, 0.1) is 6.92 Å². The fourth-order valence-electron chi connectivity index (χ4n) is 3.74. The molecule has 0 saturated carbocycles. The molecule has 8 nitrogen and oxygen atoms in total. The van der Waals surface area contributed by atoms with E-state index in [9.17, 15) is 13.2 Å². The lowest BCUT2D eigenvalue weighted by Gasteiger charge is -2.23. The Hall–Kier alpha value is -3.17. The summed E-state index contributed by atoms with van der Waals surface area (Å²) < 4.78 is 32.8. The molecule has 1 aliphatic heterocycles. The first-order chi connectivity index (χ1) is 14.9. The van der Waals surface area contributed by atoms with E-state index in [0.717, 1.165) is 11.1 Å². The van der Waals surface area contributed by atoms with Gasteiger partial charge in [0.25, 0.3) is 0 Å². The summed E-state index contributed by atoms with van der Waals surface area (Å²) in [6, 6.07) is 15.0. The molecule has 1 saturated heterocycles. The molecule has 31 heavy (non-hydrogen) atoms. The number of methoxy groups -OCH3 is 1. The molecule has 0 aliphatic carbocycles. The zero-order valence-electron chi connectivity index (χ0n) is 17.3. The van der Waals surface area contributed by atoms with Crippen LogP contribution in [0.3, 0.4) is 0 Å². The van der Waals surface area contributed by atoms with Crippen LogP contribution in [0.15, 0.2) is 59.5 Å². The quantitative estimate of drug-likeness (QED) is 0.613. The van der Waals surface area contributed by atoms with Gasteiger partial charge in [0.05, 0.1) is 17.7 Å². The van der Waals surface area contributed by atoms with Crippen molar-refractivity contribution in [1.29, 1.82) is 0 Å². The van der Waals surface area contributed by atoms with Gasteiger partial charge in [-0.05, 0) is 44.0 Å². The second-order valence-corrected chi connectivity index (χ2v) is 9.33. The summed E-state index contributed by atoms with van der Waals surface area (Å²) in [4.78, 5) is 13.1. The first-order valence-electron chi connectivity index (χ1n) is 9.98. The van der Waals surface area contributed by atoms with Crippen LogP contribution in [0.1, 0.15) is 18.4 Å². The van der Waals surface area contributed by atoms with Gasteiger partial charge in [0.1, 0.15) is 11.8 Å². The summed E-state index contributed by atoms with van der Waals surface area (Å²) in [5, 5.41) is 9.79. The number of aromatic amines is 1. The first-order valence-corrected chi connectivity index (χ1v) is 11.4. The molecule has 0 bridgehead atoms. The Balaban J connectivity index is 1.52. The van der Waals surface area contributed by atoms with E-state index in [1.807, 2.05) is 31.2 Å². The van der Waals surface area contributed by atoms with E-state index in [4.69, 9.17) is 4.74 Å². The molecule has 9 heteroatoms. The van der Waals surface area contributed by atoms with E-state index in [1.165, 1.54) is 4.31 Å². The Morgan fingerprint density at radius 1 is 1.19 bits per heavy atom. The molecule has 4 rings (SSSR count). The van der Waals surface area contributed by atoms with Crippen LogP contribution in [0.25, 0.3) is 11.3 Å². The average Bonchev–Trinajstić information content (AvgIpc) is 3.44. The monoisotopic (exact) mass is 440 g/mol. The van der Waals surface area contributed by atoms with Crippen molar-refractivity contribution in [2.24, 2.45) is 0 Å². The van der Waals surface area contributed by atoms with E-state index < -0.39 is 22.0 Å². The number of nitrogens with zero attached hydrogens (tertiary/aromatic N) is 2. The smallest absolute Gasteiger partial charge is 0.244 e. The number of aryl methyl sites for hydroxylation is 1. The standard InChI is InChI=1S/C22H24N4O4S/c1-15-9-11-16(12-10-15)31(28,29)26-13-5-7-19(26)22(27)23-21-14-18(24-25-21)17-6-3-4-8-20(17)30-2/h3-4,6,8-12,14,19H,5,7,13H2,1-2H3,(H2,23,24,25,27)/t19-/m0/s1. The highest BCUT2D eigenvalue weighted by Gasteiger charge is 2.39. The molecular formula is C22H24N4O4S. The van der Waals surface area contributed by atoms with Crippen molar-refractivity contribution in [3.8, 4) is 17.0 Å². The highest BCUT2D eigenvalue weighted by molar-refractivity contribution is 7.89. The average molecular weight is 441 g/mol. The number of hydrogen-bond donors (Lipinski definition) is 2. The molecule has 162 valence electrons. The molecule has 2 aromatic carbocycles. The number of anilines is 1. The van der Waals surface area contributed by atoms with E-state index in [1.54, 1.807) is 37.4 Å². The molecule has 0 unspecified atom stereocenters. The molecule has 2 N–H and O–H groups in total. The summed E-state index contributed by atoms with van der Waals surface area (Å²) in [7, 11) is -2.18. The van der Waals surface area contributed by atoms with Gasteiger partial charge in [-0.3, -0.25) is 9.89 Å². The van der Waals surface area contributed by atoms with E-state index in [2.05, 4.69) is 15.5 Å². The Kier molecular flexibility index (Phi) is 5.79. The number of ether oxygens (including phenoxy) is 1. The van der Waals surface area contributed by atoms with E-state index in [-0.39, 0.29) is 4.90 Å². The van der Waals surface area contributed by atoms with Gasteiger partial charge < -0.3 is 10.1 Å². The number of carbonyl (C=O) groups excluding carboxylic acids is 1. The zero-order chi connectivity index (χ0) is 22.0. The van der Waals surface area contributed by atoms with Crippen LogP contribution >= 0.6 is 0 Å². The van der Waals surface area contributed by atoms with Gasteiger partial charge in [0, 0.05) is 18.2 Å². The Labute approximate surface area is 181 Å². The molecular weight excluding hydrogens is 416 g/mol. The maximum Gasteiger partial charge on any atom is 0.244 e. The SMILES string of the molecule is COc1ccccc1-c1cc(NC(=O)[C@@H]2CCCN2S(=O)(=O)c2ccc(C)cc2)n[nH]1. The third-order valence-electron chi connectivity index (χ3n) is 5.36. The molecule has 2 heterocycles. The Morgan fingerprint density at radius 2 is 1.94 bits per heavy atom. The number of rotatable bonds is 6. The number of aromatic nitrogens is 2. The van der Waals surface area contributed by atoms with Crippen LogP contribution in [-0.2, 0) is 14.8 Å².